The van der Waals surface area contributed by atoms with Crippen LogP contribution < -0.4 is 4.57 Å². The predicted octanol–water partition coefficient (Wildman–Crippen LogP) is 6.31. The number of aryl methyl sites for hydroxylation is 3. The van der Waals surface area contributed by atoms with Gasteiger partial charge in [-0.25, -0.2) is 9.55 Å². The van der Waals surface area contributed by atoms with E-state index < -0.39 is 0 Å². The monoisotopic (exact) mass is 443 g/mol. The Morgan fingerprint density at radius 2 is 1.56 bits per heavy atom. The molecule has 34 heavy (non-hydrogen) atoms. The number of benzene rings is 3. The van der Waals surface area contributed by atoms with Gasteiger partial charge in [-0.3, -0.25) is 8.97 Å². The van der Waals surface area contributed by atoms with Crippen molar-refractivity contribution >= 4 is 27.8 Å². The Kier molecular flexibility index (Phi) is 3.65. The first-order valence-electron chi connectivity index (χ1n) is 11.9. The second-order valence-electron chi connectivity index (χ2n) is 10.1. The van der Waals surface area contributed by atoms with Gasteiger partial charge in [-0.05, 0) is 62.6 Å². The molecule has 0 unspecified atom stereocenters. The average molecular weight is 444 g/mol. The fraction of sp³-hybridized carbons (Fsp3) is 0.200. The standard InChI is InChI=1S/C30H27N4/c1-18-10-6-7-11-20(18)21-16-17-32(5)28-25-19(2)14-15-24-27(25)34(30(3,4)26(21)28)29-31-22-12-8-9-13-23(22)33(24)29/h6-17H,1-5H3/q+1. The number of hydrogen-bond donors (Lipinski definition) is 0. The summed E-state index contributed by atoms with van der Waals surface area (Å²) in [7, 11) is 2.17. The minimum absolute atomic E-state index is 0.308. The molecule has 6 aromatic rings. The molecular weight excluding hydrogens is 416 g/mol. The molecule has 7 rings (SSSR count). The maximum absolute atomic E-state index is 5.16. The molecule has 0 bridgehead atoms. The molecule has 0 spiro atoms. The van der Waals surface area contributed by atoms with Gasteiger partial charge in [0.1, 0.15) is 7.05 Å². The quantitative estimate of drug-likeness (QED) is 0.273. The Labute approximate surface area is 198 Å². The summed E-state index contributed by atoms with van der Waals surface area (Å²) in [4.78, 5) is 5.16. The van der Waals surface area contributed by atoms with Crippen molar-refractivity contribution in [2.24, 2.45) is 7.05 Å². The molecule has 0 aliphatic carbocycles. The number of fused-ring (bicyclic) bond motifs is 7. The van der Waals surface area contributed by atoms with Gasteiger partial charge in [-0.15, -0.1) is 0 Å². The largest absolute Gasteiger partial charge is 0.299 e. The van der Waals surface area contributed by atoms with Gasteiger partial charge in [-0.1, -0.05) is 42.5 Å². The normalized spacial score (nSPS) is 14.3. The lowest BCUT2D eigenvalue weighted by Crippen LogP contribution is -2.41. The van der Waals surface area contributed by atoms with Gasteiger partial charge in [0.2, 0.25) is 11.5 Å². The topological polar surface area (TPSA) is 26.1 Å². The minimum atomic E-state index is -0.308. The molecule has 0 amide bonds. The van der Waals surface area contributed by atoms with Gasteiger partial charge < -0.3 is 0 Å². The molecule has 3 aromatic carbocycles. The van der Waals surface area contributed by atoms with E-state index in [1.54, 1.807) is 0 Å². The molecule has 1 aliphatic rings. The van der Waals surface area contributed by atoms with E-state index in [1.807, 2.05) is 0 Å². The van der Waals surface area contributed by atoms with Gasteiger partial charge in [0.25, 0.3) is 0 Å². The van der Waals surface area contributed by atoms with Gasteiger partial charge in [0, 0.05) is 11.6 Å². The van der Waals surface area contributed by atoms with E-state index in [2.05, 4.69) is 121 Å². The van der Waals surface area contributed by atoms with Gasteiger partial charge >= 0.3 is 0 Å². The van der Waals surface area contributed by atoms with Crippen LogP contribution in [0.5, 0.6) is 0 Å². The fourth-order valence-corrected chi connectivity index (χ4v) is 6.20. The van der Waals surface area contributed by atoms with E-state index in [9.17, 15) is 0 Å². The molecule has 0 N–H and O–H groups in total. The summed E-state index contributed by atoms with van der Waals surface area (Å²) in [6, 6.07) is 24.0. The third-order valence-corrected chi connectivity index (χ3v) is 7.74. The van der Waals surface area contributed by atoms with Crippen molar-refractivity contribution in [1.29, 1.82) is 0 Å². The molecular formula is C30H27N4+. The SMILES string of the molecule is Cc1ccccc1-c1cc[n+](C)c2c1C(C)(C)n1c3c-2c(C)ccc3n2c3ccccc3nc12. The lowest BCUT2D eigenvalue weighted by Gasteiger charge is -2.35. The molecule has 4 heterocycles. The van der Waals surface area contributed by atoms with Crippen LogP contribution in [0, 0.1) is 13.8 Å². The number of rotatable bonds is 1. The first-order valence-corrected chi connectivity index (χ1v) is 11.9. The second kappa shape index (κ2) is 6.35. The van der Waals surface area contributed by atoms with Crippen molar-refractivity contribution in [2.45, 2.75) is 33.2 Å². The van der Waals surface area contributed by atoms with Gasteiger partial charge in [0.15, 0.2) is 6.20 Å². The predicted molar refractivity (Wildman–Crippen MR) is 138 cm³/mol. The van der Waals surface area contributed by atoms with E-state index in [1.165, 1.54) is 50.1 Å². The molecule has 0 saturated carbocycles. The maximum atomic E-state index is 5.16. The Hall–Kier alpha value is -3.92. The van der Waals surface area contributed by atoms with Crippen LogP contribution in [0.4, 0.5) is 0 Å². The maximum Gasteiger partial charge on any atom is 0.220 e. The Morgan fingerprint density at radius 3 is 2.38 bits per heavy atom. The molecule has 0 fully saturated rings. The number of para-hydroxylation sites is 2. The van der Waals surface area contributed by atoms with E-state index in [0.717, 1.165) is 16.8 Å². The van der Waals surface area contributed by atoms with Crippen LogP contribution in [0.2, 0.25) is 0 Å². The van der Waals surface area contributed by atoms with Crippen molar-refractivity contribution in [3.05, 3.63) is 89.6 Å². The molecule has 3 aromatic heterocycles. The third kappa shape index (κ3) is 2.23. The van der Waals surface area contributed by atoms with E-state index in [-0.39, 0.29) is 5.54 Å². The van der Waals surface area contributed by atoms with Crippen LogP contribution in [0.1, 0.15) is 30.5 Å². The summed E-state index contributed by atoms with van der Waals surface area (Å²) in [5, 5.41) is 0. The number of nitrogens with zero attached hydrogens (tertiary/aromatic N) is 4. The number of imidazole rings is 2. The highest BCUT2D eigenvalue weighted by molar-refractivity contribution is 6.02. The molecule has 0 atom stereocenters. The van der Waals surface area contributed by atoms with Crippen molar-refractivity contribution in [2.75, 3.05) is 0 Å². The number of aromatic nitrogens is 4. The summed E-state index contributed by atoms with van der Waals surface area (Å²) >= 11 is 0. The summed E-state index contributed by atoms with van der Waals surface area (Å²) in [6.45, 7) is 9.13. The van der Waals surface area contributed by atoms with Crippen LogP contribution in [0.3, 0.4) is 0 Å². The van der Waals surface area contributed by atoms with Crippen LogP contribution in [-0.4, -0.2) is 14.0 Å². The van der Waals surface area contributed by atoms with E-state index in [4.69, 9.17) is 4.98 Å². The van der Waals surface area contributed by atoms with Crippen molar-refractivity contribution in [3.8, 4) is 22.4 Å². The zero-order chi connectivity index (χ0) is 23.4. The average Bonchev–Trinajstić information content (AvgIpc) is 3.34. The number of hydrogen-bond acceptors (Lipinski definition) is 1. The minimum Gasteiger partial charge on any atom is -0.299 e. The zero-order valence-electron chi connectivity index (χ0n) is 20.2. The van der Waals surface area contributed by atoms with Crippen molar-refractivity contribution in [3.63, 3.8) is 0 Å². The van der Waals surface area contributed by atoms with Gasteiger partial charge in [-0.2, -0.15) is 0 Å². The van der Waals surface area contributed by atoms with Crippen molar-refractivity contribution in [1.82, 2.24) is 14.0 Å². The highest BCUT2D eigenvalue weighted by atomic mass is 15.2. The summed E-state index contributed by atoms with van der Waals surface area (Å²) in [6.07, 6.45) is 2.22. The lowest BCUT2D eigenvalue weighted by atomic mass is 9.79. The van der Waals surface area contributed by atoms with Crippen LogP contribution in [0.25, 0.3) is 50.2 Å². The molecule has 4 heteroatoms. The Bertz CT molecular complexity index is 1810. The molecule has 0 saturated heterocycles. The van der Waals surface area contributed by atoms with Crippen LogP contribution in [0.15, 0.2) is 72.9 Å². The summed E-state index contributed by atoms with van der Waals surface area (Å²) < 4.78 is 7.13. The first-order chi connectivity index (χ1) is 16.4. The first kappa shape index (κ1) is 19.5. The Morgan fingerprint density at radius 1 is 0.794 bits per heavy atom. The summed E-state index contributed by atoms with van der Waals surface area (Å²) in [5.74, 6) is 1.00. The van der Waals surface area contributed by atoms with Gasteiger partial charge in [0.05, 0.1) is 38.7 Å². The fourth-order valence-electron chi connectivity index (χ4n) is 6.20. The van der Waals surface area contributed by atoms with E-state index >= 15 is 0 Å². The summed E-state index contributed by atoms with van der Waals surface area (Å²) in [5.41, 5.74) is 13.5. The lowest BCUT2D eigenvalue weighted by molar-refractivity contribution is -0.660. The Balaban J connectivity index is 1.74. The smallest absolute Gasteiger partial charge is 0.220 e. The highest BCUT2D eigenvalue weighted by Gasteiger charge is 2.43. The molecule has 0 radical (unpaired) electrons. The zero-order valence-corrected chi connectivity index (χ0v) is 20.2. The molecule has 166 valence electrons. The second-order valence-corrected chi connectivity index (χ2v) is 10.1. The highest BCUT2D eigenvalue weighted by Crippen LogP contribution is 2.49. The van der Waals surface area contributed by atoms with Crippen LogP contribution in [-0.2, 0) is 12.6 Å². The van der Waals surface area contributed by atoms with Crippen molar-refractivity contribution < 1.29 is 4.57 Å². The van der Waals surface area contributed by atoms with E-state index in [0.29, 0.717) is 0 Å². The van der Waals surface area contributed by atoms with Crippen LogP contribution >= 0.6 is 0 Å². The molecule has 1 aliphatic heterocycles. The number of pyridine rings is 1. The third-order valence-electron chi connectivity index (χ3n) is 7.74. The molecule has 4 nitrogen and oxygen atoms in total.